The maximum atomic E-state index is 13.1. The highest BCUT2D eigenvalue weighted by Crippen LogP contribution is 2.30. The molecule has 242 valence electrons. The SMILES string of the molecule is C[N+](C)(CC#CCOC1=NOCC1)CCCCCCCC[N+](C)(C)CCCN1C(=O)c2cccc3cccc(c23)C1=O.[Br-].[Br-]. The van der Waals surface area contributed by atoms with E-state index >= 15 is 0 Å². The average Bonchev–Trinajstić information content (AvgIpc) is 3.48. The van der Waals surface area contributed by atoms with Crippen molar-refractivity contribution in [3.63, 3.8) is 0 Å². The molecule has 0 fully saturated rings. The largest absolute Gasteiger partial charge is 1.00 e. The highest BCUT2D eigenvalue weighted by Gasteiger charge is 2.32. The number of rotatable bonds is 15. The molecule has 2 aliphatic heterocycles. The van der Waals surface area contributed by atoms with Gasteiger partial charge in [0.05, 0.1) is 54.2 Å². The lowest BCUT2D eigenvalue weighted by molar-refractivity contribution is -0.890. The van der Waals surface area contributed by atoms with E-state index in [2.05, 4.69) is 45.2 Å². The van der Waals surface area contributed by atoms with E-state index in [0.29, 0.717) is 36.8 Å². The van der Waals surface area contributed by atoms with Crippen molar-refractivity contribution in [1.29, 1.82) is 0 Å². The zero-order valence-corrected chi connectivity index (χ0v) is 29.9. The predicted octanol–water partition coefficient (Wildman–Crippen LogP) is -0.919. The summed E-state index contributed by atoms with van der Waals surface area (Å²) in [5.41, 5.74) is 1.28. The van der Waals surface area contributed by atoms with Crippen molar-refractivity contribution in [3.8, 4) is 11.8 Å². The summed E-state index contributed by atoms with van der Waals surface area (Å²) in [6.45, 7) is 5.44. The summed E-state index contributed by atoms with van der Waals surface area (Å²) in [5, 5.41) is 5.55. The quantitative estimate of drug-likeness (QED) is 0.103. The smallest absolute Gasteiger partial charge is 0.261 e. The summed E-state index contributed by atoms with van der Waals surface area (Å²) in [6, 6.07) is 11.4. The molecule has 4 rings (SSSR count). The van der Waals surface area contributed by atoms with Gasteiger partial charge in [-0.3, -0.25) is 14.5 Å². The van der Waals surface area contributed by atoms with Crippen LogP contribution in [0.3, 0.4) is 0 Å². The van der Waals surface area contributed by atoms with Gasteiger partial charge in [0.15, 0.2) is 6.61 Å². The van der Waals surface area contributed by atoms with E-state index in [0.717, 1.165) is 58.8 Å². The number of nitrogens with zero attached hydrogens (tertiary/aromatic N) is 4. The Bertz CT molecular complexity index is 1300. The van der Waals surface area contributed by atoms with Crippen molar-refractivity contribution >= 4 is 28.5 Å². The van der Waals surface area contributed by atoms with Gasteiger partial charge in [-0.15, -0.1) is 0 Å². The third-order valence-corrected chi connectivity index (χ3v) is 8.29. The molecule has 0 spiro atoms. The number of imide groups is 1. The van der Waals surface area contributed by atoms with Crippen molar-refractivity contribution in [2.45, 2.75) is 51.4 Å². The first-order chi connectivity index (χ1) is 20.2. The van der Waals surface area contributed by atoms with Gasteiger partial charge in [0.25, 0.3) is 11.8 Å². The van der Waals surface area contributed by atoms with Crippen molar-refractivity contribution in [3.05, 3.63) is 47.5 Å². The second kappa shape index (κ2) is 17.9. The minimum atomic E-state index is -0.166. The molecule has 2 aliphatic rings. The Balaban J connectivity index is 0.00000337. The van der Waals surface area contributed by atoms with Crippen LogP contribution in [0.2, 0.25) is 0 Å². The van der Waals surface area contributed by atoms with Crippen LogP contribution in [-0.4, -0.2) is 106 Å². The number of hydrogen-bond donors (Lipinski definition) is 0. The second-order valence-electron chi connectivity index (χ2n) is 12.9. The van der Waals surface area contributed by atoms with Crippen molar-refractivity contribution < 1.29 is 62.1 Å². The molecule has 44 heavy (non-hydrogen) atoms. The molecule has 2 aromatic carbocycles. The molecular weight excluding hydrogens is 688 g/mol. The van der Waals surface area contributed by atoms with E-state index in [9.17, 15) is 9.59 Å². The molecule has 0 saturated heterocycles. The number of amides is 2. The lowest BCUT2D eigenvalue weighted by Gasteiger charge is -2.32. The van der Waals surface area contributed by atoms with Crippen molar-refractivity contribution in [1.82, 2.24) is 4.90 Å². The van der Waals surface area contributed by atoms with Crippen LogP contribution >= 0.6 is 0 Å². The zero-order chi connectivity index (χ0) is 30.0. The van der Waals surface area contributed by atoms with Gasteiger partial charge < -0.3 is 52.5 Å². The van der Waals surface area contributed by atoms with E-state index < -0.39 is 0 Å². The van der Waals surface area contributed by atoms with Gasteiger partial charge in [-0.1, -0.05) is 48.2 Å². The predicted molar refractivity (Wildman–Crippen MR) is 167 cm³/mol. The summed E-state index contributed by atoms with van der Waals surface area (Å²) in [4.78, 5) is 32.6. The van der Waals surface area contributed by atoms with Gasteiger partial charge in [-0.25, -0.2) is 0 Å². The minimum absolute atomic E-state index is 0. The molecule has 0 N–H and O–H groups in total. The molecule has 2 amide bonds. The van der Waals surface area contributed by atoms with E-state index in [1.165, 1.54) is 43.4 Å². The topological polar surface area (TPSA) is 68.2 Å². The fourth-order valence-electron chi connectivity index (χ4n) is 5.75. The van der Waals surface area contributed by atoms with Crippen LogP contribution in [0.1, 0.15) is 72.1 Å². The highest BCUT2D eigenvalue weighted by atomic mass is 79.9. The van der Waals surface area contributed by atoms with Crippen molar-refractivity contribution in [2.24, 2.45) is 5.16 Å². The molecule has 0 aliphatic carbocycles. The summed E-state index contributed by atoms with van der Waals surface area (Å²) in [6.07, 6.45) is 8.98. The Kier molecular flexibility index (Phi) is 15.3. The highest BCUT2D eigenvalue weighted by molar-refractivity contribution is 6.25. The molecule has 2 aromatic rings. The number of carbonyl (C=O) groups excluding carboxylic acids is 2. The number of unbranched alkanes of at least 4 members (excludes halogenated alkanes) is 5. The van der Waals surface area contributed by atoms with Gasteiger partial charge in [0.1, 0.15) is 13.2 Å². The van der Waals surface area contributed by atoms with Crippen LogP contribution < -0.4 is 34.0 Å². The molecule has 0 aromatic heterocycles. The second-order valence-corrected chi connectivity index (χ2v) is 12.9. The van der Waals surface area contributed by atoms with Crippen LogP contribution in [0.4, 0.5) is 0 Å². The van der Waals surface area contributed by atoms with E-state index in [4.69, 9.17) is 9.57 Å². The Morgan fingerprint density at radius 3 is 1.95 bits per heavy atom. The van der Waals surface area contributed by atoms with Gasteiger partial charge in [-0.2, -0.15) is 0 Å². The molecule has 2 heterocycles. The van der Waals surface area contributed by atoms with E-state index in [1.807, 2.05) is 36.4 Å². The lowest BCUT2D eigenvalue weighted by atomic mass is 9.94. The molecule has 0 atom stereocenters. The molecule has 8 nitrogen and oxygen atoms in total. The van der Waals surface area contributed by atoms with Crippen LogP contribution in [0.5, 0.6) is 0 Å². The summed E-state index contributed by atoms with van der Waals surface area (Å²) >= 11 is 0. The van der Waals surface area contributed by atoms with Gasteiger partial charge >= 0.3 is 0 Å². The normalized spacial score (nSPS) is 14.3. The minimum Gasteiger partial charge on any atom is -1.00 e. The number of hydrogen-bond acceptors (Lipinski definition) is 5. The summed E-state index contributed by atoms with van der Waals surface area (Å²) in [5.74, 6) is 6.64. The Morgan fingerprint density at radius 2 is 1.36 bits per heavy atom. The molecular formula is C34H48Br2N4O4. The fraction of sp³-hybridized carbons (Fsp3) is 0.559. The third-order valence-electron chi connectivity index (χ3n) is 8.29. The molecule has 10 heteroatoms. The number of halogens is 2. The first kappa shape index (κ1) is 37.7. The van der Waals surface area contributed by atoms with Crippen LogP contribution in [0.25, 0.3) is 10.8 Å². The van der Waals surface area contributed by atoms with Crippen LogP contribution in [0, 0.1) is 11.8 Å². The number of benzene rings is 2. The van der Waals surface area contributed by atoms with Crippen LogP contribution in [0.15, 0.2) is 41.6 Å². The monoisotopic (exact) mass is 734 g/mol. The van der Waals surface area contributed by atoms with Gasteiger partial charge in [0.2, 0.25) is 5.90 Å². The standard InChI is InChI=1S/C34H48N4O4.2BrH/c1-37(2,24-11-12-26-41-31-20-27-42-35-31)22-9-7-5-6-8-10-23-38(3,4)25-15-21-36-33(39)29-18-13-16-28-17-14-19-30(32(28)29)34(36)40;;/h13-14,16-19H,5-10,15,20-27H2,1-4H3;2*1H/q+2;;/p-2. The summed E-state index contributed by atoms with van der Waals surface area (Å²) < 4.78 is 7.28. The lowest BCUT2D eigenvalue weighted by Crippen LogP contribution is -3.00. The van der Waals surface area contributed by atoms with Gasteiger partial charge in [-0.05, 0) is 49.1 Å². The fourth-order valence-corrected chi connectivity index (χ4v) is 5.75. The maximum absolute atomic E-state index is 13.1. The van der Waals surface area contributed by atoms with Crippen molar-refractivity contribution in [2.75, 3.05) is 74.1 Å². The molecule has 0 radical (unpaired) electrons. The number of ether oxygens (including phenoxy) is 1. The third kappa shape index (κ3) is 10.9. The Morgan fingerprint density at radius 1 is 0.795 bits per heavy atom. The Labute approximate surface area is 284 Å². The average molecular weight is 737 g/mol. The maximum Gasteiger partial charge on any atom is 0.261 e. The van der Waals surface area contributed by atoms with Crippen LogP contribution in [-0.2, 0) is 9.57 Å². The first-order valence-corrected chi connectivity index (χ1v) is 15.5. The van der Waals surface area contributed by atoms with E-state index in [-0.39, 0.29) is 45.8 Å². The molecule has 0 bridgehead atoms. The Hall–Kier alpha value is -2.45. The van der Waals surface area contributed by atoms with Gasteiger partial charge in [0, 0.05) is 29.5 Å². The first-order valence-electron chi connectivity index (χ1n) is 15.5. The number of quaternary nitrogens is 2. The molecule has 0 saturated carbocycles. The van der Waals surface area contributed by atoms with E-state index in [1.54, 1.807) is 0 Å². The zero-order valence-electron chi connectivity index (χ0n) is 26.7. The summed E-state index contributed by atoms with van der Waals surface area (Å²) in [7, 11) is 8.98. The number of carbonyl (C=O) groups is 2. The molecule has 0 unspecified atom stereocenters. The number of oxime groups is 1.